The molecule has 0 radical (unpaired) electrons. The Labute approximate surface area is 334 Å². The molecule has 2 aromatic rings. The number of amides is 3. The molecule has 0 fully saturated rings. The van der Waals surface area contributed by atoms with Crippen LogP contribution in [0.1, 0.15) is 101 Å². The van der Waals surface area contributed by atoms with Crippen LogP contribution in [-0.4, -0.2) is 54.2 Å². The van der Waals surface area contributed by atoms with Crippen LogP contribution in [-0.2, 0) is 16.0 Å². The lowest BCUT2D eigenvalue weighted by Crippen LogP contribution is -2.47. The van der Waals surface area contributed by atoms with Crippen molar-refractivity contribution in [2.75, 3.05) is 19.6 Å². The average molecular weight is 772 g/mol. The van der Waals surface area contributed by atoms with Gasteiger partial charge in [-0.3, -0.25) is 14.4 Å². The van der Waals surface area contributed by atoms with Crippen LogP contribution in [0.25, 0.3) is 0 Å². The third-order valence-electron chi connectivity index (χ3n) is 8.35. The second-order valence-electron chi connectivity index (χ2n) is 13.6. The van der Waals surface area contributed by atoms with Crippen LogP contribution in [0.3, 0.4) is 0 Å². The van der Waals surface area contributed by atoms with Crippen LogP contribution in [0.4, 0.5) is 0 Å². The molecule has 3 amide bonds. The van der Waals surface area contributed by atoms with E-state index in [1.807, 2.05) is 18.2 Å². The van der Waals surface area contributed by atoms with Crippen LogP contribution in [0, 0.1) is 0 Å². The van der Waals surface area contributed by atoms with Crippen molar-refractivity contribution in [3.8, 4) is 5.75 Å². The molecule has 0 heterocycles. The van der Waals surface area contributed by atoms with Gasteiger partial charge in [0, 0.05) is 36.6 Å². The summed E-state index contributed by atoms with van der Waals surface area (Å²) in [6.45, 7) is 6.65. The molecular formula is C46H62ClN3O5. The predicted octanol–water partition coefficient (Wildman–Crippen LogP) is 9.32. The number of benzene rings is 2. The molecule has 2 rings (SSSR count). The number of hydrogen-bond acceptors (Lipinski definition) is 5. The highest BCUT2D eigenvalue weighted by Crippen LogP contribution is 2.20. The van der Waals surface area contributed by atoms with Crippen molar-refractivity contribution in [1.82, 2.24) is 16.0 Å². The van der Waals surface area contributed by atoms with Crippen LogP contribution in [0.15, 0.2) is 121 Å². The number of hydrogen-bond donors (Lipinski definition) is 4. The van der Waals surface area contributed by atoms with Crippen LogP contribution in [0.2, 0.25) is 5.02 Å². The van der Waals surface area contributed by atoms with Gasteiger partial charge in [0.25, 0.3) is 11.8 Å². The third kappa shape index (κ3) is 23.0. The Morgan fingerprint density at radius 1 is 0.691 bits per heavy atom. The fourth-order valence-electron chi connectivity index (χ4n) is 5.12. The summed E-state index contributed by atoms with van der Waals surface area (Å²) in [4.78, 5) is 37.3. The lowest BCUT2D eigenvalue weighted by Gasteiger charge is -2.25. The van der Waals surface area contributed by atoms with Gasteiger partial charge in [0.15, 0.2) is 5.60 Å². The molecule has 8 nitrogen and oxygen atoms in total. The quantitative estimate of drug-likeness (QED) is 0.0676. The van der Waals surface area contributed by atoms with Crippen molar-refractivity contribution in [3.63, 3.8) is 0 Å². The Kier molecular flexibility index (Phi) is 24.3. The Morgan fingerprint density at radius 3 is 1.75 bits per heavy atom. The fraction of sp³-hybridized carbons (Fsp3) is 0.413. The summed E-state index contributed by atoms with van der Waals surface area (Å²) in [6.07, 6.45) is 33.5. The van der Waals surface area contributed by atoms with Crippen molar-refractivity contribution in [2.45, 2.75) is 103 Å². The molecule has 55 heavy (non-hydrogen) atoms. The Balaban J connectivity index is 1.50. The van der Waals surface area contributed by atoms with Gasteiger partial charge in [-0.05, 0) is 120 Å². The number of allylic oxidation sites excluding steroid dienone is 12. The van der Waals surface area contributed by atoms with Crippen LogP contribution in [0.5, 0.6) is 5.75 Å². The van der Waals surface area contributed by atoms with Crippen molar-refractivity contribution in [1.29, 1.82) is 0 Å². The van der Waals surface area contributed by atoms with E-state index < -0.39 is 11.7 Å². The van der Waals surface area contributed by atoms with Gasteiger partial charge < -0.3 is 25.8 Å². The van der Waals surface area contributed by atoms with E-state index in [4.69, 9.17) is 16.3 Å². The summed E-state index contributed by atoms with van der Waals surface area (Å²) >= 11 is 5.88. The van der Waals surface area contributed by atoms with Gasteiger partial charge in [-0.1, -0.05) is 104 Å². The van der Waals surface area contributed by atoms with E-state index in [9.17, 15) is 19.5 Å². The monoisotopic (exact) mass is 771 g/mol. The first-order valence-electron chi connectivity index (χ1n) is 19.6. The van der Waals surface area contributed by atoms with Crippen molar-refractivity contribution >= 4 is 29.3 Å². The normalized spacial score (nSPS) is 12.8. The van der Waals surface area contributed by atoms with Gasteiger partial charge in [0.2, 0.25) is 5.91 Å². The van der Waals surface area contributed by atoms with Crippen LogP contribution >= 0.6 is 11.6 Å². The van der Waals surface area contributed by atoms with Crippen LogP contribution < -0.4 is 20.7 Å². The molecule has 0 saturated carbocycles. The molecule has 298 valence electrons. The van der Waals surface area contributed by atoms with Gasteiger partial charge in [0.05, 0.1) is 6.10 Å². The first-order valence-corrected chi connectivity index (χ1v) is 19.9. The number of carbonyl (C=O) groups excluding carboxylic acids is 3. The number of halogens is 1. The molecule has 0 aliphatic carbocycles. The number of ether oxygens (including phenoxy) is 1. The van der Waals surface area contributed by atoms with E-state index in [-0.39, 0.29) is 24.3 Å². The number of rotatable bonds is 27. The zero-order valence-corrected chi connectivity index (χ0v) is 33.7. The highest BCUT2D eigenvalue weighted by atomic mass is 35.5. The minimum Gasteiger partial charge on any atom is -0.478 e. The standard InChI is InChI=1S/C46H62ClN3O5/c1-4-5-6-7-8-9-10-11-12-13-14-15-16-17-18-19-20-21-22-23-43(52)48-36-33-41(51)34-37-50-45(54)46(2,3)55-42-30-24-38(25-31-42)32-35-49-44(53)39-26-28-40(47)29-27-39/h5-6,8-9,11-12,14-15,17-18,20-21,24-31,41,51H,4,7,10,13,16,19,22-23,32-37H2,1-3H3,(H,48,52)(H,49,53)(H,50,54). The number of nitrogens with one attached hydrogen (secondary N) is 3. The van der Waals surface area contributed by atoms with E-state index in [1.54, 1.807) is 50.2 Å². The SMILES string of the molecule is CCC=CCC=CCC=CCC=CCC=CCC=CCCC(=O)NCCC(O)CCNC(=O)C(C)(C)Oc1ccc(CCNC(=O)c2ccc(Cl)cc2)cc1. The molecule has 0 aliphatic rings. The zero-order chi connectivity index (χ0) is 40.0. The molecule has 0 saturated heterocycles. The highest BCUT2D eigenvalue weighted by Gasteiger charge is 2.29. The first kappa shape index (κ1) is 46.5. The lowest BCUT2D eigenvalue weighted by molar-refractivity contribution is -0.134. The highest BCUT2D eigenvalue weighted by molar-refractivity contribution is 6.30. The van der Waals surface area contributed by atoms with Gasteiger partial charge in [-0.25, -0.2) is 0 Å². The maximum Gasteiger partial charge on any atom is 0.263 e. The number of aliphatic hydroxyl groups excluding tert-OH is 1. The van der Waals surface area contributed by atoms with E-state index >= 15 is 0 Å². The maximum atomic E-state index is 12.8. The molecule has 1 unspecified atom stereocenters. The van der Waals surface area contributed by atoms with E-state index in [0.29, 0.717) is 61.5 Å². The summed E-state index contributed by atoms with van der Waals surface area (Å²) in [7, 11) is 0. The molecule has 0 spiro atoms. The molecule has 1 atom stereocenters. The van der Waals surface area contributed by atoms with Gasteiger partial charge in [0.1, 0.15) is 5.75 Å². The molecule has 2 aromatic carbocycles. The molecular weight excluding hydrogens is 710 g/mol. The van der Waals surface area contributed by atoms with Crippen molar-refractivity contribution < 1.29 is 24.2 Å². The predicted molar refractivity (Wildman–Crippen MR) is 227 cm³/mol. The fourth-order valence-corrected chi connectivity index (χ4v) is 5.24. The largest absolute Gasteiger partial charge is 0.478 e. The summed E-state index contributed by atoms with van der Waals surface area (Å²) in [6, 6.07) is 14.1. The maximum absolute atomic E-state index is 12.8. The molecule has 0 aliphatic heterocycles. The molecule has 9 heteroatoms. The van der Waals surface area contributed by atoms with Gasteiger partial charge in [-0.15, -0.1) is 0 Å². The average Bonchev–Trinajstić information content (AvgIpc) is 3.16. The van der Waals surface area contributed by atoms with E-state index in [0.717, 1.165) is 44.1 Å². The van der Waals surface area contributed by atoms with Gasteiger partial charge in [-0.2, -0.15) is 0 Å². The second kappa shape index (κ2) is 28.7. The third-order valence-corrected chi connectivity index (χ3v) is 8.60. The van der Waals surface area contributed by atoms with Crippen molar-refractivity contribution in [3.05, 3.63) is 138 Å². The molecule has 0 aromatic heterocycles. The Hall–Kier alpha value is -4.66. The smallest absolute Gasteiger partial charge is 0.263 e. The Bertz CT molecular complexity index is 1570. The first-order chi connectivity index (χ1) is 26.6. The summed E-state index contributed by atoms with van der Waals surface area (Å²) in [5.74, 6) is 0.0436. The summed E-state index contributed by atoms with van der Waals surface area (Å²) in [5.41, 5.74) is 0.438. The summed E-state index contributed by atoms with van der Waals surface area (Å²) < 4.78 is 5.96. The topological polar surface area (TPSA) is 117 Å². The van der Waals surface area contributed by atoms with Crippen molar-refractivity contribution in [2.24, 2.45) is 0 Å². The molecule has 0 bridgehead atoms. The lowest BCUT2D eigenvalue weighted by atomic mass is 10.1. The number of carbonyl (C=O) groups is 3. The Morgan fingerprint density at radius 2 is 1.20 bits per heavy atom. The van der Waals surface area contributed by atoms with E-state index in [2.05, 4.69) is 89.7 Å². The minimum absolute atomic E-state index is 0.0483. The number of aliphatic hydroxyl groups is 1. The minimum atomic E-state index is -1.13. The second-order valence-corrected chi connectivity index (χ2v) is 14.0. The van der Waals surface area contributed by atoms with E-state index in [1.165, 1.54) is 0 Å². The summed E-state index contributed by atoms with van der Waals surface area (Å²) in [5, 5.41) is 19.5. The molecule has 4 N–H and O–H groups in total. The zero-order valence-electron chi connectivity index (χ0n) is 33.0. The van der Waals surface area contributed by atoms with Gasteiger partial charge >= 0.3 is 0 Å².